The summed E-state index contributed by atoms with van der Waals surface area (Å²) >= 11 is 0. The van der Waals surface area contributed by atoms with Crippen molar-refractivity contribution in [1.82, 2.24) is 5.32 Å². The second-order valence-electron chi connectivity index (χ2n) is 4.61. The number of rotatable bonds is 5. The fourth-order valence-electron chi connectivity index (χ4n) is 1.98. The maximum Gasteiger partial charge on any atom is 0.123 e. The summed E-state index contributed by atoms with van der Waals surface area (Å²) in [7, 11) is 0. The third-order valence-electron chi connectivity index (χ3n) is 3.15. The second kappa shape index (κ2) is 6.45. The van der Waals surface area contributed by atoms with Crippen LogP contribution in [-0.4, -0.2) is 11.7 Å². The molecule has 19 heavy (non-hydrogen) atoms. The SMILES string of the molecule is CC(NC[C@@H](O)c1cccc(F)c1)c1ccccc1. The van der Waals surface area contributed by atoms with Gasteiger partial charge < -0.3 is 10.4 Å². The van der Waals surface area contributed by atoms with Gasteiger partial charge in [-0.2, -0.15) is 0 Å². The van der Waals surface area contributed by atoms with Gasteiger partial charge in [-0.25, -0.2) is 4.39 Å². The number of hydrogen-bond donors (Lipinski definition) is 2. The van der Waals surface area contributed by atoms with Gasteiger partial charge in [0.05, 0.1) is 6.10 Å². The molecule has 0 aliphatic carbocycles. The largest absolute Gasteiger partial charge is 0.387 e. The van der Waals surface area contributed by atoms with Crippen molar-refractivity contribution in [2.24, 2.45) is 0 Å². The first-order valence-corrected chi connectivity index (χ1v) is 6.38. The molecular formula is C16H18FNO. The van der Waals surface area contributed by atoms with Crippen LogP contribution in [0.5, 0.6) is 0 Å². The van der Waals surface area contributed by atoms with E-state index in [1.54, 1.807) is 12.1 Å². The maximum atomic E-state index is 13.1. The van der Waals surface area contributed by atoms with Gasteiger partial charge in [0.25, 0.3) is 0 Å². The van der Waals surface area contributed by atoms with E-state index in [4.69, 9.17) is 0 Å². The number of hydrogen-bond acceptors (Lipinski definition) is 2. The molecule has 2 N–H and O–H groups in total. The van der Waals surface area contributed by atoms with Crippen LogP contribution >= 0.6 is 0 Å². The van der Waals surface area contributed by atoms with Crippen LogP contribution in [0.4, 0.5) is 4.39 Å². The van der Waals surface area contributed by atoms with Crippen molar-refractivity contribution in [2.75, 3.05) is 6.54 Å². The van der Waals surface area contributed by atoms with Crippen molar-refractivity contribution in [3.8, 4) is 0 Å². The highest BCUT2D eigenvalue weighted by Crippen LogP contribution is 2.16. The molecule has 0 aliphatic rings. The van der Waals surface area contributed by atoms with E-state index >= 15 is 0 Å². The first kappa shape index (κ1) is 13.7. The minimum atomic E-state index is -0.707. The van der Waals surface area contributed by atoms with E-state index < -0.39 is 6.10 Å². The highest BCUT2D eigenvalue weighted by Gasteiger charge is 2.10. The number of halogens is 1. The molecule has 2 atom stereocenters. The van der Waals surface area contributed by atoms with E-state index in [0.29, 0.717) is 12.1 Å². The summed E-state index contributed by atoms with van der Waals surface area (Å²) in [5.74, 6) is -0.326. The van der Waals surface area contributed by atoms with E-state index in [0.717, 1.165) is 5.56 Å². The fraction of sp³-hybridized carbons (Fsp3) is 0.250. The lowest BCUT2D eigenvalue weighted by molar-refractivity contribution is 0.170. The van der Waals surface area contributed by atoms with Crippen LogP contribution in [0, 0.1) is 5.82 Å². The summed E-state index contributed by atoms with van der Waals surface area (Å²) in [6, 6.07) is 16.2. The molecule has 0 aromatic heterocycles. The molecule has 3 heteroatoms. The molecule has 0 bridgehead atoms. The van der Waals surface area contributed by atoms with Gasteiger partial charge in [-0.1, -0.05) is 42.5 Å². The monoisotopic (exact) mass is 259 g/mol. The van der Waals surface area contributed by atoms with E-state index in [-0.39, 0.29) is 11.9 Å². The van der Waals surface area contributed by atoms with Crippen LogP contribution in [0.2, 0.25) is 0 Å². The number of aliphatic hydroxyl groups is 1. The Hall–Kier alpha value is -1.71. The van der Waals surface area contributed by atoms with Gasteiger partial charge in [-0.15, -0.1) is 0 Å². The first-order valence-electron chi connectivity index (χ1n) is 6.38. The Morgan fingerprint density at radius 2 is 1.74 bits per heavy atom. The van der Waals surface area contributed by atoms with Crippen LogP contribution in [0.1, 0.15) is 30.2 Å². The van der Waals surface area contributed by atoms with Gasteiger partial charge >= 0.3 is 0 Å². The van der Waals surface area contributed by atoms with Crippen molar-refractivity contribution in [3.05, 3.63) is 71.5 Å². The average Bonchev–Trinajstić information content (AvgIpc) is 2.45. The minimum absolute atomic E-state index is 0.143. The van der Waals surface area contributed by atoms with E-state index in [1.165, 1.54) is 12.1 Å². The molecule has 0 spiro atoms. The van der Waals surface area contributed by atoms with Crippen LogP contribution in [0.25, 0.3) is 0 Å². The first-order chi connectivity index (χ1) is 9.16. The van der Waals surface area contributed by atoms with Crippen molar-refractivity contribution in [1.29, 1.82) is 0 Å². The topological polar surface area (TPSA) is 32.3 Å². The molecule has 0 heterocycles. The van der Waals surface area contributed by atoms with Crippen molar-refractivity contribution >= 4 is 0 Å². The quantitative estimate of drug-likeness (QED) is 0.864. The minimum Gasteiger partial charge on any atom is -0.387 e. The highest BCUT2D eigenvalue weighted by atomic mass is 19.1. The van der Waals surface area contributed by atoms with Gasteiger partial charge in [-0.3, -0.25) is 0 Å². The molecule has 0 saturated heterocycles. The lowest BCUT2D eigenvalue weighted by Crippen LogP contribution is -2.24. The normalized spacial score (nSPS) is 14.1. The molecule has 2 aromatic rings. The Labute approximate surface area is 112 Å². The smallest absolute Gasteiger partial charge is 0.123 e. The summed E-state index contributed by atoms with van der Waals surface area (Å²) in [5, 5.41) is 13.3. The molecule has 1 unspecified atom stereocenters. The fourth-order valence-corrected chi connectivity index (χ4v) is 1.98. The molecule has 0 saturated carbocycles. The number of aliphatic hydroxyl groups excluding tert-OH is 1. The van der Waals surface area contributed by atoms with Crippen molar-refractivity contribution in [2.45, 2.75) is 19.1 Å². The second-order valence-corrected chi connectivity index (χ2v) is 4.61. The van der Waals surface area contributed by atoms with E-state index in [1.807, 2.05) is 37.3 Å². The number of benzene rings is 2. The van der Waals surface area contributed by atoms with Gasteiger partial charge in [0.15, 0.2) is 0 Å². The summed E-state index contributed by atoms with van der Waals surface area (Å²) in [6.07, 6.45) is -0.707. The van der Waals surface area contributed by atoms with Gasteiger partial charge in [0.2, 0.25) is 0 Å². The zero-order valence-corrected chi connectivity index (χ0v) is 10.9. The van der Waals surface area contributed by atoms with Gasteiger partial charge in [0.1, 0.15) is 5.82 Å². The third-order valence-corrected chi connectivity index (χ3v) is 3.15. The maximum absolute atomic E-state index is 13.1. The summed E-state index contributed by atoms with van der Waals surface area (Å²) < 4.78 is 13.1. The Morgan fingerprint density at radius 3 is 2.42 bits per heavy atom. The highest BCUT2D eigenvalue weighted by molar-refractivity contribution is 5.20. The molecule has 0 fully saturated rings. The third kappa shape index (κ3) is 3.88. The molecule has 0 radical (unpaired) electrons. The van der Waals surface area contributed by atoms with Crippen molar-refractivity contribution < 1.29 is 9.50 Å². The average molecular weight is 259 g/mol. The standard InChI is InChI=1S/C16H18FNO/c1-12(13-6-3-2-4-7-13)18-11-16(19)14-8-5-9-15(17)10-14/h2-10,12,16,18-19H,11H2,1H3/t12?,16-/m1/s1. The lowest BCUT2D eigenvalue weighted by Gasteiger charge is -2.17. The van der Waals surface area contributed by atoms with Gasteiger partial charge in [0, 0.05) is 12.6 Å². The molecular weight excluding hydrogens is 241 g/mol. The molecule has 0 amide bonds. The summed E-state index contributed by atoms with van der Waals surface area (Å²) in [6.45, 7) is 2.42. The van der Waals surface area contributed by atoms with E-state index in [2.05, 4.69) is 5.32 Å². The van der Waals surface area contributed by atoms with Crippen LogP contribution in [0.15, 0.2) is 54.6 Å². The van der Waals surface area contributed by atoms with Gasteiger partial charge in [-0.05, 0) is 30.2 Å². The molecule has 2 rings (SSSR count). The number of nitrogens with one attached hydrogen (secondary N) is 1. The predicted octanol–water partition coefficient (Wildman–Crippen LogP) is 3.21. The Kier molecular flexibility index (Phi) is 4.66. The molecule has 2 nitrogen and oxygen atoms in total. The van der Waals surface area contributed by atoms with E-state index in [9.17, 15) is 9.50 Å². The molecule has 100 valence electrons. The van der Waals surface area contributed by atoms with Crippen LogP contribution < -0.4 is 5.32 Å². The van der Waals surface area contributed by atoms with Crippen LogP contribution in [0.3, 0.4) is 0 Å². The summed E-state index contributed by atoms with van der Waals surface area (Å²) in [4.78, 5) is 0. The Balaban J connectivity index is 1.92. The Morgan fingerprint density at radius 1 is 1.05 bits per heavy atom. The molecule has 2 aromatic carbocycles. The zero-order valence-electron chi connectivity index (χ0n) is 10.9. The van der Waals surface area contributed by atoms with Crippen molar-refractivity contribution in [3.63, 3.8) is 0 Å². The lowest BCUT2D eigenvalue weighted by atomic mass is 10.1. The molecule has 0 aliphatic heterocycles. The Bertz CT molecular complexity index is 515. The summed E-state index contributed by atoms with van der Waals surface area (Å²) in [5.41, 5.74) is 1.75. The van der Waals surface area contributed by atoms with Crippen LogP contribution in [-0.2, 0) is 0 Å². The predicted molar refractivity (Wildman–Crippen MR) is 74.2 cm³/mol. The zero-order chi connectivity index (χ0) is 13.7.